The highest BCUT2D eigenvalue weighted by atomic mass is 35.5. The van der Waals surface area contributed by atoms with Crippen LogP contribution in [0.3, 0.4) is 0 Å². The van der Waals surface area contributed by atoms with Crippen molar-refractivity contribution in [1.29, 1.82) is 0 Å². The number of anilines is 1. The van der Waals surface area contributed by atoms with Gasteiger partial charge in [0.2, 0.25) is 11.9 Å². The average Bonchev–Trinajstić information content (AvgIpc) is 3.39. The SMILES string of the molecule is COc1ccccc1-c1nc(NC(=O)C2(c3ccc(Cl)cc3)CCCC2)n[nH]1. The molecule has 1 aromatic heterocycles. The van der Waals surface area contributed by atoms with E-state index in [1.807, 2.05) is 48.5 Å². The lowest BCUT2D eigenvalue weighted by Crippen LogP contribution is -2.38. The van der Waals surface area contributed by atoms with Crippen LogP contribution in [0.1, 0.15) is 31.2 Å². The van der Waals surface area contributed by atoms with Crippen molar-refractivity contribution >= 4 is 23.5 Å². The van der Waals surface area contributed by atoms with E-state index in [1.165, 1.54) is 0 Å². The van der Waals surface area contributed by atoms with Crippen LogP contribution in [0.25, 0.3) is 11.4 Å². The Hall–Kier alpha value is -2.86. The number of aromatic amines is 1. The summed E-state index contributed by atoms with van der Waals surface area (Å²) in [6, 6.07) is 15.1. The van der Waals surface area contributed by atoms with E-state index in [9.17, 15) is 4.79 Å². The Morgan fingerprint density at radius 2 is 1.86 bits per heavy atom. The van der Waals surface area contributed by atoms with E-state index in [4.69, 9.17) is 16.3 Å². The molecule has 2 aromatic carbocycles. The number of aromatic nitrogens is 3. The number of hydrogen-bond donors (Lipinski definition) is 2. The van der Waals surface area contributed by atoms with Gasteiger partial charge in [0.25, 0.3) is 0 Å². The fraction of sp³-hybridized carbons (Fsp3) is 0.286. The van der Waals surface area contributed by atoms with Gasteiger partial charge in [0, 0.05) is 5.02 Å². The smallest absolute Gasteiger partial charge is 0.249 e. The van der Waals surface area contributed by atoms with E-state index in [1.54, 1.807) is 7.11 Å². The maximum absolute atomic E-state index is 13.2. The van der Waals surface area contributed by atoms with Gasteiger partial charge < -0.3 is 4.74 Å². The quantitative estimate of drug-likeness (QED) is 0.661. The fourth-order valence-corrected chi connectivity index (χ4v) is 4.02. The van der Waals surface area contributed by atoms with Crippen molar-refractivity contribution in [3.05, 3.63) is 59.1 Å². The zero-order valence-corrected chi connectivity index (χ0v) is 16.3. The van der Waals surface area contributed by atoms with Gasteiger partial charge in [-0.3, -0.25) is 15.2 Å². The van der Waals surface area contributed by atoms with Gasteiger partial charge in [0.15, 0.2) is 5.82 Å². The molecule has 0 unspecified atom stereocenters. The van der Waals surface area contributed by atoms with Gasteiger partial charge in [0.05, 0.1) is 18.1 Å². The van der Waals surface area contributed by atoms with Gasteiger partial charge in [-0.25, -0.2) is 0 Å². The Kier molecular flexibility index (Phi) is 5.05. The van der Waals surface area contributed by atoms with Crippen LogP contribution in [0.15, 0.2) is 48.5 Å². The number of nitrogens with one attached hydrogen (secondary N) is 2. The van der Waals surface area contributed by atoms with E-state index in [-0.39, 0.29) is 11.9 Å². The van der Waals surface area contributed by atoms with E-state index >= 15 is 0 Å². The number of ether oxygens (including phenoxy) is 1. The van der Waals surface area contributed by atoms with Gasteiger partial charge in [-0.05, 0) is 42.7 Å². The zero-order valence-electron chi connectivity index (χ0n) is 15.5. The number of halogens is 1. The molecule has 144 valence electrons. The molecule has 1 amide bonds. The van der Waals surface area contributed by atoms with Gasteiger partial charge in [-0.1, -0.05) is 48.7 Å². The second kappa shape index (κ2) is 7.64. The zero-order chi connectivity index (χ0) is 19.6. The number of hydrogen-bond acceptors (Lipinski definition) is 4. The summed E-state index contributed by atoms with van der Waals surface area (Å²) in [5.41, 5.74) is 1.19. The Labute approximate surface area is 168 Å². The Morgan fingerprint density at radius 1 is 1.14 bits per heavy atom. The summed E-state index contributed by atoms with van der Waals surface area (Å²) < 4.78 is 5.37. The molecule has 7 heteroatoms. The van der Waals surface area contributed by atoms with E-state index in [2.05, 4.69) is 20.5 Å². The summed E-state index contributed by atoms with van der Waals surface area (Å²) in [4.78, 5) is 17.7. The number of carbonyl (C=O) groups excluding carboxylic acids is 1. The molecular formula is C21H21ClN4O2. The van der Waals surface area contributed by atoms with Crippen LogP contribution in [0.5, 0.6) is 5.75 Å². The second-order valence-corrected chi connectivity index (χ2v) is 7.39. The predicted molar refractivity (Wildman–Crippen MR) is 109 cm³/mol. The van der Waals surface area contributed by atoms with Crippen LogP contribution < -0.4 is 10.1 Å². The third-order valence-corrected chi connectivity index (χ3v) is 5.61. The molecule has 6 nitrogen and oxygen atoms in total. The molecule has 28 heavy (non-hydrogen) atoms. The molecule has 1 heterocycles. The Balaban J connectivity index is 1.59. The minimum absolute atomic E-state index is 0.0853. The van der Waals surface area contributed by atoms with Crippen molar-refractivity contribution in [3.8, 4) is 17.1 Å². The first-order valence-electron chi connectivity index (χ1n) is 9.26. The number of carbonyl (C=O) groups is 1. The normalized spacial score (nSPS) is 15.4. The monoisotopic (exact) mass is 396 g/mol. The summed E-state index contributed by atoms with van der Waals surface area (Å²) in [5.74, 6) is 1.40. The molecule has 1 aliphatic rings. The van der Waals surface area contributed by atoms with Crippen LogP contribution in [0.4, 0.5) is 5.95 Å². The molecule has 0 saturated heterocycles. The third-order valence-electron chi connectivity index (χ3n) is 5.36. The number of para-hydroxylation sites is 1. The van der Waals surface area contributed by atoms with Crippen molar-refractivity contribution in [3.63, 3.8) is 0 Å². The van der Waals surface area contributed by atoms with Crippen molar-refractivity contribution in [1.82, 2.24) is 15.2 Å². The van der Waals surface area contributed by atoms with Gasteiger partial charge >= 0.3 is 0 Å². The lowest BCUT2D eigenvalue weighted by atomic mass is 9.78. The van der Waals surface area contributed by atoms with Crippen LogP contribution in [-0.4, -0.2) is 28.2 Å². The average molecular weight is 397 g/mol. The highest BCUT2D eigenvalue weighted by Crippen LogP contribution is 2.42. The largest absolute Gasteiger partial charge is 0.496 e. The number of amides is 1. The number of H-pyrrole nitrogens is 1. The van der Waals surface area contributed by atoms with Crippen molar-refractivity contribution in [2.24, 2.45) is 0 Å². The number of nitrogens with zero attached hydrogens (tertiary/aromatic N) is 2. The van der Waals surface area contributed by atoms with E-state index in [0.717, 1.165) is 36.8 Å². The maximum Gasteiger partial charge on any atom is 0.249 e. The minimum atomic E-state index is -0.574. The number of benzene rings is 2. The first kappa shape index (κ1) is 18.5. The number of rotatable bonds is 5. The third kappa shape index (κ3) is 3.36. The Morgan fingerprint density at radius 3 is 2.57 bits per heavy atom. The summed E-state index contributed by atoms with van der Waals surface area (Å²) >= 11 is 6.02. The fourth-order valence-electron chi connectivity index (χ4n) is 3.89. The molecule has 0 aliphatic heterocycles. The van der Waals surface area contributed by atoms with Gasteiger partial charge in [0.1, 0.15) is 5.75 Å². The maximum atomic E-state index is 13.2. The molecule has 3 aromatic rings. The molecule has 1 aliphatic carbocycles. The van der Waals surface area contributed by atoms with Gasteiger partial charge in [-0.2, -0.15) is 4.98 Å². The van der Waals surface area contributed by atoms with Gasteiger partial charge in [-0.15, -0.1) is 5.10 Å². The summed E-state index contributed by atoms with van der Waals surface area (Å²) in [7, 11) is 1.61. The minimum Gasteiger partial charge on any atom is -0.496 e. The summed E-state index contributed by atoms with van der Waals surface area (Å²) in [5, 5.41) is 10.6. The van der Waals surface area contributed by atoms with Crippen LogP contribution in [0.2, 0.25) is 5.02 Å². The Bertz CT molecular complexity index is 978. The highest BCUT2D eigenvalue weighted by molar-refractivity contribution is 6.30. The van der Waals surface area contributed by atoms with E-state index in [0.29, 0.717) is 16.6 Å². The standard InChI is InChI=1S/C21H21ClN4O2/c1-28-17-7-3-2-6-16(17)18-23-20(26-25-18)24-19(27)21(12-4-5-13-21)14-8-10-15(22)11-9-14/h2-3,6-11H,4-5,12-13H2,1H3,(H2,23,24,25,26,27). The second-order valence-electron chi connectivity index (χ2n) is 6.96. The molecular weight excluding hydrogens is 376 g/mol. The molecule has 0 atom stereocenters. The predicted octanol–water partition coefficient (Wildman–Crippen LogP) is 4.58. The lowest BCUT2D eigenvalue weighted by molar-refractivity contribution is -0.121. The van der Waals surface area contributed by atoms with Crippen molar-refractivity contribution in [2.45, 2.75) is 31.1 Å². The highest BCUT2D eigenvalue weighted by Gasteiger charge is 2.43. The van der Waals surface area contributed by atoms with E-state index < -0.39 is 5.41 Å². The molecule has 0 radical (unpaired) electrons. The summed E-state index contributed by atoms with van der Waals surface area (Å²) in [6.45, 7) is 0. The number of methoxy groups -OCH3 is 1. The molecule has 1 saturated carbocycles. The summed E-state index contributed by atoms with van der Waals surface area (Å²) in [6.07, 6.45) is 3.61. The molecule has 0 spiro atoms. The topological polar surface area (TPSA) is 79.9 Å². The molecule has 2 N–H and O–H groups in total. The lowest BCUT2D eigenvalue weighted by Gasteiger charge is -2.27. The van der Waals surface area contributed by atoms with Crippen LogP contribution >= 0.6 is 11.6 Å². The molecule has 4 rings (SSSR count). The first-order valence-corrected chi connectivity index (χ1v) is 9.63. The van der Waals surface area contributed by atoms with Crippen LogP contribution in [-0.2, 0) is 10.2 Å². The molecule has 1 fully saturated rings. The van der Waals surface area contributed by atoms with Crippen molar-refractivity contribution in [2.75, 3.05) is 12.4 Å². The first-order chi connectivity index (χ1) is 13.6. The molecule has 0 bridgehead atoms. The van der Waals surface area contributed by atoms with Crippen molar-refractivity contribution < 1.29 is 9.53 Å². The van der Waals surface area contributed by atoms with Crippen LogP contribution in [0, 0.1) is 0 Å².